The predicted octanol–water partition coefficient (Wildman–Crippen LogP) is 3.54. The molecule has 11 nitrogen and oxygen atoms in total. The summed E-state index contributed by atoms with van der Waals surface area (Å²) in [5.74, 6) is -0.858. The molecular formula is C27H36N4O7S. The van der Waals surface area contributed by atoms with Crippen LogP contribution in [-0.4, -0.2) is 62.0 Å². The number of hydrogen-bond donors (Lipinski definition) is 1. The van der Waals surface area contributed by atoms with Gasteiger partial charge in [0.1, 0.15) is 24.0 Å². The number of nitro groups is 1. The molecule has 2 amide bonds. The van der Waals surface area contributed by atoms with Crippen molar-refractivity contribution in [3.63, 3.8) is 0 Å². The molecule has 3 rings (SSSR count). The number of sulfonamides is 1. The van der Waals surface area contributed by atoms with Crippen molar-refractivity contribution in [2.24, 2.45) is 0 Å². The third-order valence-corrected chi connectivity index (χ3v) is 7.97. The molecule has 39 heavy (non-hydrogen) atoms. The van der Waals surface area contributed by atoms with Gasteiger partial charge in [0, 0.05) is 24.7 Å². The Morgan fingerprint density at radius 2 is 1.87 bits per heavy atom. The first kappa shape index (κ1) is 29.9. The number of hydrogen-bond acceptors (Lipinski definition) is 7. The highest BCUT2D eigenvalue weighted by atomic mass is 32.2. The summed E-state index contributed by atoms with van der Waals surface area (Å²) in [5.41, 5.74) is 1.27. The molecule has 0 bridgehead atoms. The molecule has 1 unspecified atom stereocenters. The van der Waals surface area contributed by atoms with Crippen LogP contribution in [-0.2, 0) is 26.2 Å². The Kier molecular flexibility index (Phi) is 9.90. The second-order valence-corrected chi connectivity index (χ2v) is 11.7. The van der Waals surface area contributed by atoms with Crippen LogP contribution >= 0.6 is 0 Å². The van der Waals surface area contributed by atoms with Gasteiger partial charge in [0.05, 0.1) is 18.3 Å². The van der Waals surface area contributed by atoms with Gasteiger partial charge in [-0.2, -0.15) is 0 Å². The number of aryl methyl sites for hydroxylation is 1. The lowest BCUT2D eigenvalue weighted by Gasteiger charge is -2.33. The van der Waals surface area contributed by atoms with Crippen molar-refractivity contribution in [3.8, 4) is 5.75 Å². The number of nitrogens with one attached hydrogen (secondary N) is 1. The summed E-state index contributed by atoms with van der Waals surface area (Å²) < 4.78 is 31.8. The van der Waals surface area contributed by atoms with E-state index in [-0.39, 0.29) is 35.6 Å². The van der Waals surface area contributed by atoms with Gasteiger partial charge in [0.25, 0.3) is 5.69 Å². The van der Waals surface area contributed by atoms with Crippen LogP contribution in [0.4, 0.5) is 11.4 Å². The highest BCUT2D eigenvalue weighted by molar-refractivity contribution is 7.92. The number of rotatable bonds is 12. The standard InChI is InChI=1S/C27H36N4O7S/c1-5-23(27(33)28-21-11-6-7-12-21)29(17-20-10-8-9-19(2)15-20)26(32)18-30(39(4,36)37)24-16-22(31(34)35)13-14-25(24)38-3/h8-10,13-16,21,23H,5-7,11-12,17-18H2,1-4H3,(H,28,33). The molecule has 1 fully saturated rings. The summed E-state index contributed by atoms with van der Waals surface area (Å²) in [6.07, 6.45) is 5.04. The second-order valence-electron chi connectivity index (χ2n) is 9.81. The van der Waals surface area contributed by atoms with Crippen LogP contribution < -0.4 is 14.4 Å². The lowest BCUT2D eigenvalue weighted by atomic mass is 10.1. The first-order valence-corrected chi connectivity index (χ1v) is 14.7. The van der Waals surface area contributed by atoms with Crippen LogP contribution in [0, 0.1) is 17.0 Å². The molecule has 2 aromatic carbocycles. The van der Waals surface area contributed by atoms with E-state index >= 15 is 0 Å². The summed E-state index contributed by atoms with van der Waals surface area (Å²) >= 11 is 0. The minimum atomic E-state index is -4.09. The van der Waals surface area contributed by atoms with Crippen molar-refractivity contribution in [2.45, 2.75) is 64.6 Å². The second kappa shape index (κ2) is 12.9. The number of carbonyl (C=O) groups excluding carboxylic acids is 2. The molecular weight excluding hydrogens is 524 g/mol. The largest absolute Gasteiger partial charge is 0.495 e. The van der Waals surface area contributed by atoms with E-state index < -0.39 is 33.4 Å². The number of carbonyl (C=O) groups is 2. The van der Waals surface area contributed by atoms with Gasteiger partial charge in [0.15, 0.2) is 0 Å². The molecule has 0 radical (unpaired) electrons. The monoisotopic (exact) mass is 560 g/mol. The van der Waals surface area contributed by atoms with Gasteiger partial charge in [-0.05, 0) is 37.8 Å². The molecule has 2 aromatic rings. The third-order valence-electron chi connectivity index (χ3n) is 6.84. The zero-order chi connectivity index (χ0) is 28.7. The molecule has 1 atom stereocenters. The molecule has 0 heterocycles. The number of ether oxygens (including phenoxy) is 1. The van der Waals surface area contributed by atoms with Gasteiger partial charge in [-0.1, -0.05) is 49.6 Å². The molecule has 1 saturated carbocycles. The van der Waals surface area contributed by atoms with Crippen molar-refractivity contribution >= 4 is 33.2 Å². The van der Waals surface area contributed by atoms with Crippen LogP contribution in [0.15, 0.2) is 42.5 Å². The lowest BCUT2D eigenvalue weighted by molar-refractivity contribution is -0.384. The van der Waals surface area contributed by atoms with E-state index in [0.29, 0.717) is 6.42 Å². The normalized spacial score (nSPS) is 14.5. The molecule has 212 valence electrons. The van der Waals surface area contributed by atoms with Crippen molar-refractivity contribution in [1.82, 2.24) is 10.2 Å². The van der Waals surface area contributed by atoms with Crippen LogP contribution in [0.3, 0.4) is 0 Å². The summed E-state index contributed by atoms with van der Waals surface area (Å²) in [6, 6.07) is 10.2. The molecule has 1 aliphatic carbocycles. The molecule has 0 spiro atoms. The minimum absolute atomic E-state index is 0.0455. The number of non-ortho nitro benzene ring substituents is 1. The molecule has 0 aromatic heterocycles. The van der Waals surface area contributed by atoms with Gasteiger partial charge in [0.2, 0.25) is 21.8 Å². The fraction of sp³-hybridized carbons (Fsp3) is 0.481. The van der Waals surface area contributed by atoms with Crippen molar-refractivity contribution in [3.05, 3.63) is 63.7 Å². The average Bonchev–Trinajstić information content (AvgIpc) is 3.39. The van der Waals surface area contributed by atoms with Gasteiger partial charge in [-0.3, -0.25) is 24.0 Å². The van der Waals surface area contributed by atoms with E-state index in [4.69, 9.17) is 4.74 Å². The zero-order valence-corrected chi connectivity index (χ0v) is 23.6. The Balaban J connectivity index is 2.01. The first-order chi connectivity index (χ1) is 18.4. The Morgan fingerprint density at radius 3 is 2.44 bits per heavy atom. The van der Waals surface area contributed by atoms with E-state index in [1.165, 1.54) is 24.1 Å². The van der Waals surface area contributed by atoms with E-state index in [9.17, 15) is 28.1 Å². The summed E-state index contributed by atoms with van der Waals surface area (Å²) in [6.45, 7) is 3.13. The van der Waals surface area contributed by atoms with Crippen LogP contribution in [0.1, 0.15) is 50.2 Å². The molecule has 0 aliphatic heterocycles. The topological polar surface area (TPSA) is 139 Å². The number of methoxy groups -OCH3 is 1. The van der Waals surface area contributed by atoms with Crippen LogP contribution in [0.25, 0.3) is 0 Å². The van der Waals surface area contributed by atoms with E-state index in [2.05, 4.69) is 5.32 Å². The minimum Gasteiger partial charge on any atom is -0.495 e. The van der Waals surface area contributed by atoms with E-state index in [1.54, 1.807) is 6.92 Å². The number of anilines is 1. The summed E-state index contributed by atoms with van der Waals surface area (Å²) in [7, 11) is -2.79. The van der Waals surface area contributed by atoms with Gasteiger partial charge in [-0.25, -0.2) is 8.42 Å². The van der Waals surface area contributed by atoms with Crippen molar-refractivity contribution in [2.75, 3.05) is 24.2 Å². The number of amides is 2. The maximum atomic E-state index is 13.9. The van der Waals surface area contributed by atoms with E-state index in [1.807, 2.05) is 31.2 Å². The quantitative estimate of drug-likeness (QED) is 0.309. The van der Waals surface area contributed by atoms with Crippen molar-refractivity contribution < 1.29 is 27.7 Å². The fourth-order valence-electron chi connectivity index (χ4n) is 4.88. The third kappa shape index (κ3) is 7.69. The van der Waals surface area contributed by atoms with Gasteiger partial charge >= 0.3 is 0 Å². The molecule has 0 saturated heterocycles. The molecule has 12 heteroatoms. The number of nitrogens with zero attached hydrogens (tertiary/aromatic N) is 3. The van der Waals surface area contributed by atoms with E-state index in [0.717, 1.165) is 53.4 Å². The molecule has 1 N–H and O–H groups in total. The Morgan fingerprint density at radius 1 is 1.18 bits per heavy atom. The fourth-order valence-corrected chi connectivity index (χ4v) is 5.72. The van der Waals surface area contributed by atoms with Crippen LogP contribution in [0.5, 0.6) is 5.75 Å². The SMILES string of the molecule is CCC(C(=O)NC1CCCC1)N(Cc1cccc(C)c1)C(=O)CN(c1cc([N+](=O)[O-])ccc1OC)S(C)(=O)=O. The average molecular weight is 561 g/mol. The highest BCUT2D eigenvalue weighted by Crippen LogP contribution is 2.34. The lowest BCUT2D eigenvalue weighted by Crippen LogP contribution is -2.53. The maximum Gasteiger partial charge on any atom is 0.271 e. The Bertz CT molecular complexity index is 1310. The summed E-state index contributed by atoms with van der Waals surface area (Å²) in [5, 5.41) is 14.5. The van der Waals surface area contributed by atoms with Crippen LogP contribution in [0.2, 0.25) is 0 Å². The van der Waals surface area contributed by atoms with Gasteiger partial charge in [-0.15, -0.1) is 0 Å². The Labute approximate surface area is 229 Å². The summed E-state index contributed by atoms with van der Waals surface area (Å²) in [4.78, 5) is 39.4. The predicted molar refractivity (Wildman–Crippen MR) is 148 cm³/mol. The number of benzene rings is 2. The maximum absolute atomic E-state index is 13.9. The first-order valence-electron chi connectivity index (χ1n) is 12.9. The highest BCUT2D eigenvalue weighted by Gasteiger charge is 2.34. The zero-order valence-electron chi connectivity index (χ0n) is 22.8. The van der Waals surface area contributed by atoms with Gasteiger partial charge < -0.3 is 15.0 Å². The molecule has 1 aliphatic rings. The smallest absolute Gasteiger partial charge is 0.271 e. The Hall–Kier alpha value is -3.67. The number of nitro benzene ring substituents is 1. The van der Waals surface area contributed by atoms with Crippen molar-refractivity contribution in [1.29, 1.82) is 0 Å².